The maximum absolute atomic E-state index is 12.9. The number of benzene rings is 1. The van der Waals surface area contributed by atoms with Crippen LogP contribution in [0.25, 0.3) is 0 Å². The number of aliphatic hydroxyl groups excluding tert-OH is 1. The van der Waals surface area contributed by atoms with E-state index in [0.717, 1.165) is 0 Å². The minimum absolute atomic E-state index is 0.0561. The molecule has 1 unspecified atom stereocenters. The largest absolute Gasteiger partial charge is 0.501 e. The van der Waals surface area contributed by atoms with E-state index < -0.39 is 17.2 Å². The van der Waals surface area contributed by atoms with Gasteiger partial charge in [0.2, 0.25) is 5.75 Å². The number of hydrogen-bond donors (Lipinski definition) is 5. The summed E-state index contributed by atoms with van der Waals surface area (Å²) in [6.45, 7) is 2.65. The fraction of sp³-hybridized carbons (Fsp3) is 0.389. The summed E-state index contributed by atoms with van der Waals surface area (Å²) in [5.74, 6) is -1.58. The Bertz CT molecular complexity index is 823. The van der Waals surface area contributed by atoms with Crippen LogP contribution in [0.1, 0.15) is 35.2 Å². The summed E-state index contributed by atoms with van der Waals surface area (Å²) in [6.07, 6.45) is 0.931. The molecule has 0 saturated heterocycles. The molecule has 0 aliphatic rings. The molecule has 2 aromatic rings. The highest BCUT2D eigenvalue weighted by Gasteiger charge is 2.18. The van der Waals surface area contributed by atoms with Gasteiger partial charge in [-0.05, 0) is 37.6 Å². The molecule has 0 radical (unpaired) electrons. The monoisotopic (exact) mass is 378 g/mol. The Morgan fingerprint density at radius 1 is 1.33 bits per heavy atom. The van der Waals surface area contributed by atoms with Gasteiger partial charge in [0.25, 0.3) is 11.5 Å². The Balaban J connectivity index is 2.06. The second-order valence-electron chi connectivity index (χ2n) is 6.16. The zero-order chi connectivity index (χ0) is 19.8. The van der Waals surface area contributed by atoms with Gasteiger partial charge in [0.05, 0.1) is 0 Å². The molecule has 146 valence electrons. The Labute approximate surface area is 155 Å². The number of aromatic nitrogens is 2. The second kappa shape index (κ2) is 9.79. The minimum atomic E-state index is -0.797. The summed E-state index contributed by atoms with van der Waals surface area (Å²) in [6, 6.07) is 5.53. The molecule has 1 aromatic carbocycles. The third kappa shape index (κ3) is 6.15. The van der Waals surface area contributed by atoms with Crippen LogP contribution in [0.3, 0.4) is 0 Å². The fourth-order valence-electron chi connectivity index (χ4n) is 2.43. The van der Waals surface area contributed by atoms with E-state index in [1.54, 1.807) is 0 Å². The predicted octanol–water partition coefficient (Wildman–Crippen LogP) is 0.448. The van der Waals surface area contributed by atoms with E-state index in [1.807, 2.05) is 6.92 Å². The van der Waals surface area contributed by atoms with Crippen molar-refractivity contribution in [1.82, 2.24) is 20.6 Å². The Morgan fingerprint density at radius 2 is 2.04 bits per heavy atom. The molecule has 9 heteroatoms. The third-order valence-corrected chi connectivity index (χ3v) is 3.85. The molecule has 0 aliphatic heterocycles. The second-order valence-corrected chi connectivity index (χ2v) is 6.16. The number of nitrogens with one attached hydrogen (secondary N) is 3. The molecule has 0 fully saturated rings. The lowest BCUT2D eigenvalue weighted by Gasteiger charge is -2.13. The highest BCUT2D eigenvalue weighted by atomic mass is 19.1. The molecule has 1 aromatic heterocycles. The summed E-state index contributed by atoms with van der Waals surface area (Å²) < 4.78 is 12.9. The van der Waals surface area contributed by atoms with Crippen molar-refractivity contribution in [2.24, 2.45) is 0 Å². The number of aliphatic hydroxyl groups is 1. The molecule has 0 aliphatic carbocycles. The number of carbonyl (C=O) groups is 1. The first-order valence-electron chi connectivity index (χ1n) is 8.59. The molecular weight excluding hydrogens is 355 g/mol. The van der Waals surface area contributed by atoms with Crippen molar-refractivity contribution < 1.29 is 19.4 Å². The van der Waals surface area contributed by atoms with E-state index >= 15 is 0 Å². The summed E-state index contributed by atoms with van der Waals surface area (Å²) in [4.78, 5) is 30.7. The van der Waals surface area contributed by atoms with Crippen LogP contribution in [0.5, 0.6) is 5.75 Å². The van der Waals surface area contributed by atoms with Gasteiger partial charge in [-0.25, -0.2) is 9.37 Å². The number of aromatic amines is 1. The van der Waals surface area contributed by atoms with Crippen molar-refractivity contribution in [3.8, 4) is 5.75 Å². The lowest BCUT2D eigenvalue weighted by Crippen LogP contribution is -2.32. The smallest absolute Gasteiger partial charge is 0.293 e. The van der Waals surface area contributed by atoms with E-state index in [9.17, 15) is 19.1 Å². The molecule has 0 spiro atoms. The third-order valence-electron chi connectivity index (χ3n) is 3.85. The molecule has 0 saturated carbocycles. The van der Waals surface area contributed by atoms with Crippen molar-refractivity contribution in [2.45, 2.75) is 32.4 Å². The van der Waals surface area contributed by atoms with Gasteiger partial charge in [-0.2, -0.15) is 0 Å². The summed E-state index contributed by atoms with van der Waals surface area (Å²) >= 11 is 0. The number of halogens is 1. The number of carbonyl (C=O) groups excluding carboxylic acids is 1. The van der Waals surface area contributed by atoms with Crippen molar-refractivity contribution in [3.63, 3.8) is 0 Å². The first-order chi connectivity index (χ1) is 12.9. The average Bonchev–Trinajstić information content (AvgIpc) is 2.64. The number of amides is 1. The molecule has 2 rings (SSSR count). The predicted molar refractivity (Wildman–Crippen MR) is 97.0 cm³/mol. The van der Waals surface area contributed by atoms with Gasteiger partial charge >= 0.3 is 0 Å². The topological polar surface area (TPSA) is 127 Å². The number of aromatic hydroxyl groups is 1. The van der Waals surface area contributed by atoms with Crippen LogP contribution in [0.2, 0.25) is 0 Å². The summed E-state index contributed by atoms with van der Waals surface area (Å²) in [5.41, 5.74) is -0.496. The molecule has 0 bridgehead atoms. The number of H-pyrrole nitrogens is 1. The summed E-state index contributed by atoms with van der Waals surface area (Å²) in [5, 5.41) is 24.4. The normalized spacial score (nSPS) is 12.0. The number of nitrogens with zero attached hydrogens (tertiary/aromatic N) is 1. The lowest BCUT2D eigenvalue weighted by atomic mass is 10.2. The fourth-order valence-corrected chi connectivity index (χ4v) is 2.43. The van der Waals surface area contributed by atoms with E-state index in [2.05, 4.69) is 20.6 Å². The van der Waals surface area contributed by atoms with Crippen LogP contribution >= 0.6 is 0 Å². The molecule has 8 nitrogen and oxygen atoms in total. The van der Waals surface area contributed by atoms with Crippen LogP contribution in [-0.4, -0.2) is 45.3 Å². The van der Waals surface area contributed by atoms with E-state index in [1.165, 1.54) is 24.3 Å². The number of rotatable bonds is 9. The van der Waals surface area contributed by atoms with Gasteiger partial charge in [0.15, 0.2) is 5.69 Å². The quantitative estimate of drug-likeness (QED) is 0.403. The van der Waals surface area contributed by atoms with E-state index in [0.29, 0.717) is 24.9 Å². The van der Waals surface area contributed by atoms with Crippen LogP contribution in [0.4, 0.5) is 4.39 Å². The number of hydrogen-bond acceptors (Lipinski definition) is 6. The molecule has 5 N–H and O–H groups in total. The molecule has 1 amide bonds. The van der Waals surface area contributed by atoms with Gasteiger partial charge in [-0.1, -0.05) is 12.1 Å². The van der Waals surface area contributed by atoms with Gasteiger partial charge in [-0.15, -0.1) is 0 Å². The molecule has 1 heterocycles. The Kier molecular flexibility index (Phi) is 7.44. The minimum Gasteiger partial charge on any atom is -0.501 e. The van der Waals surface area contributed by atoms with Crippen molar-refractivity contribution in [2.75, 3.05) is 13.2 Å². The first-order valence-corrected chi connectivity index (χ1v) is 8.59. The standard InChI is InChI=1S/C18H23FN4O4/c1-11(20-7-2-8-24)9-14-22-15(16(25)18(27)23-14)17(26)21-10-12-3-5-13(19)6-4-12/h3-6,11,20,24-25H,2,7-10H2,1H3,(H,21,26)(H,22,23,27). The van der Waals surface area contributed by atoms with Gasteiger partial charge in [0.1, 0.15) is 11.6 Å². The van der Waals surface area contributed by atoms with Crippen molar-refractivity contribution >= 4 is 5.91 Å². The molecule has 27 heavy (non-hydrogen) atoms. The van der Waals surface area contributed by atoms with Gasteiger partial charge in [-0.3, -0.25) is 9.59 Å². The maximum atomic E-state index is 12.9. The average molecular weight is 378 g/mol. The zero-order valence-corrected chi connectivity index (χ0v) is 15.0. The van der Waals surface area contributed by atoms with Crippen LogP contribution in [0, 0.1) is 5.82 Å². The van der Waals surface area contributed by atoms with Crippen LogP contribution in [-0.2, 0) is 13.0 Å². The van der Waals surface area contributed by atoms with E-state index in [-0.39, 0.29) is 36.5 Å². The maximum Gasteiger partial charge on any atom is 0.293 e. The highest BCUT2D eigenvalue weighted by molar-refractivity contribution is 5.94. The van der Waals surface area contributed by atoms with Gasteiger partial charge in [0, 0.05) is 25.6 Å². The van der Waals surface area contributed by atoms with Gasteiger partial charge < -0.3 is 25.8 Å². The Hall–Kier alpha value is -2.78. The highest BCUT2D eigenvalue weighted by Crippen LogP contribution is 2.10. The first kappa shape index (κ1) is 20.5. The SMILES string of the molecule is CC(Cc1nc(C(=O)NCc2ccc(F)cc2)c(O)c(=O)[nH]1)NCCCO. The molecule has 1 atom stereocenters. The molecular formula is C18H23FN4O4. The van der Waals surface area contributed by atoms with E-state index in [4.69, 9.17) is 5.11 Å². The van der Waals surface area contributed by atoms with Crippen LogP contribution in [0.15, 0.2) is 29.1 Å². The van der Waals surface area contributed by atoms with Crippen molar-refractivity contribution in [1.29, 1.82) is 0 Å². The Morgan fingerprint density at radius 3 is 2.70 bits per heavy atom. The lowest BCUT2D eigenvalue weighted by molar-refractivity contribution is 0.0942. The zero-order valence-electron chi connectivity index (χ0n) is 15.0. The van der Waals surface area contributed by atoms with Crippen molar-refractivity contribution in [3.05, 3.63) is 57.5 Å². The van der Waals surface area contributed by atoms with Crippen LogP contribution < -0.4 is 16.2 Å². The summed E-state index contributed by atoms with van der Waals surface area (Å²) in [7, 11) is 0.